The average Bonchev–Trinajstić information content (AvgIpc) is 3.26. The van der Waals surface area contributed by atoms with Crippen LogP contribution in [0.1, 0.15) is 252 Å². The number of carbonyl (C=O) groups excluding carboxylic acids is 3. The lowest BCUT2D eigenvalue weighted by molar-refractivity contribution is -0.166. The van der Waals surface area contributed by atoms with Gasteiger partial charge < -0.3 is 14.2 Å². The summed E-state index contributed by atoms with van der Waals surface area (Å²) < 4.78 is 16.7. The Morgan fingerprint density at radius 2 is 0.689 bits per heavy atom. The topological polar surface area (TPSA) is 78.9 Å². The zero-order valence-corrected chi connectivity index (χ0v) is 40.2. The Hall–Kier alpha value is -2.89. The van der Waals surface area contributed by atoms with E-state index in [0.29, 0.717) is 19.3 Å². The second kappa shape index (κ2) is 49.8. The summed E-state index contributed by atoms with van der Waals surface area (Å²) in [6.07, 6.45) is 60.7. The van der Waals surface area contributed by atoms with Gasteiger partial charge in [0.2, 0.25) is 0 Å². The number of hydrogen-bond donors (Lipinski definition) is 0. The monoisotopic (exact) mass is 853 g/mol. The van der Waals surface area contributed by atoms with E-state index in [4.69, 9.17) is 14.2 Å². The Morgan fingerprint density at radius 1 is 0.344 bits per heavy atom. The van der Waals surface area contributed by atoms with Gasteiger partial charge in [0.25, 0.3) is 0 Å². The number of esters is 3. The summed E-state index contributed by atoms with van der Waals surface area (Å²) in [6.45, 7) is 6.55. The molecule has 0 spiro atoms. The molecule has 0 saturated carbocycles. The molecule has 1 atom stereocenters. The molecule has 0 aliphatic rings. The molecular weight excluding hydrogens is 757 g/mol. The Bertz CT molecular complexity index is 1120. The first-order valence-electron chi connectivity index (χ1n) is 25.8. The molecule has 0 rings (SSSR count). The van der Waals surface area contributed by atoms with Crippen LogP contribution >= 0.6 is 0 Å². The van der Waals surface area contributed by atoms with Crippen LogP contribution in [0.4, 0.5) is 0 Å². The van der Waals surface area contributed by atoms with Gasteiger partial charge in [-0.2, -0.15) is 0 Å². The van der Waals surface area contributed by atoms with Crippen LogP contribution < -0.4 is 0 Å². The van der Waals surface area contributed by atoms with Crippen LogP contribution in [0.2, 0.25) is 0 Å². The number of unbranched alkanes of at least 4 members (excludes halogenated alkanes) is 27. The van der Waals surface area contributed by atoms with Crippen molar-refractivity contribution in [2.75, 3.05) is 13.2 Å². The average molecular weight is 853 g/mol. The van der Waals surface area contributed by atoms with E-state index in [1.54, 1.807) is 0 Å². The standard InChI is InChI=1S/C55H96O6/c1-4-7-10-13-16-19-22-25-26-27-28-29-31-33-36-39-42-45-48-54(57)60-51-52(50-59-53(56)47-44-41-38-35-32-24-21-18-15-12-9-6-3)61-55(58)49-46-43-40-37-34-30-23-20-17-14-11-8-5-2/h22,25-30,34,40,43,52H,4-21,23-24,31-33,35-39,41-42,44-51H2,1-3H3/b25-22-,27-26-,29-28-,34-30-,43-40-. The normalized spacial score (nSPS) is 12.5. The SMILES string of the molecule is CCCCCCC\C=C/C=C\C=C/CCCCCCCC(=O)OCC(COC(=O)CCCCCCCCCCCCCC)OC(=O)CC/C=C\C/C=C\CCCCCCCC. The summed E-state index contributed by atoms with van der Waals surface area (Å²) in [5.41, 5.74) is 0. The number of carbonyl (C=O) groups is 3. The van der Waals surface area contributed by atoms with Gasteiger partial charge in [0, 0.05) is 19.3 Å². The predicted octanol–water partition coefficient (Wildman–Crippen LogP) is 16.9. The first kappa shape index (κ1) is 58.1. The van der Waals surface area contributed by atoms with Crippen LogP contribution in [0, 0.1) is 0 Å². The minimum atomic E-state index is -0.810. The lowest BCUT2D eigenvalue weighted by atomic mass is 10.0. The fraction of sp³-hybridized carbons (Fsp3) is 0.764. The number of hydrogen-bond acceptors (Lipinski definition) is 6. The summed E-state index contributed by atoms with van der Waals surface area (Å²) in [7, 11) is 0. The first-order valence-corrected chi connectivity index (χ1v) is 25.8. The number of allylic oxidation sites excluding steroid dienone is 10. The second-order valence-electron chi connectivity index (χ2n) is 17.1. The molecule has 0 aromatic heterocycles. The number of rotatable bonds is 46. The Morgan fingerprint density at radius 3 is 1.10 bits per heavy atom. The molecule has 352 valence electrons. The molecule has 0 aromatic rings. The molecule has 0 aromatic carbocycles. The number of ether oxygens (including phenoxy) is 3. The Kier molecular flexibility index (Phi) is 47.4. The van der Waals surface area contributed by atoms with Gasteiger partial charge >= 0.3 is 17.9 Å². The minimum absolute atomic E-state index is 0.102. The van der Waals surface area contributed by atoms with Crippen LogP contribution in [0.25, 0.3) is 0 Å². The van der Waals surface area contributed by atoms with Crippen LogP contribution in [0.15, 0.2) is 60.8 Å². The fourth-order valence-corrected chi connectivity index (χ4v) is 7.14. The van der Waals surface area contributed by atoms with Crippen molar-refractivity contribution in [1.82, 2.24) is 0 Å². The smallest absolute Gasteiger partial charge is 0.306 e. The summed E-state index contributed by atoms with van der Waals surface area (Å²) >= 11 is 0. The highest BCUT2D eigenvalue weighted by atomic mass is 16.6. The lowest BCUT2D eigenvalue weighted by Crippen LogP contribution is -2.30. The summed E-state index contributed by atoms with van der Waals surface area (Å²) in [6, 6.07) is 0. The summed E-state index contributed by atoms with van der Waals surface area (Å²) in [5.74, 6) is -0.987. The van der Waals surface area contributed by atoms with E-state index < -0.39 is 6.10 Å². The minimum Gasteiger partial charge on any atom is -0.462 e. The molecule has 0 radical (unpaired) electrons. The van der Waals surface area contributed by atoms with Crippen molar-refractivity contribution in [1.29, 1.82) is 0 Å². The molecule has 1 unspecified atom stereocenters. The third kappa shape index (κ3) is 48.0. The van der Waals surface area contributed by atoms with Crippen molar-refractivity contribution in [3.05, 3.63) is 60.8 Å². The molecule has 6 nitrogen and oxygen atoms in total. The third-order valence-corrected chi connectivity index (χ3v) is 11.1. The van der Waals surface area contributed by atoms with Gasteiger partial charge in [0.15, 0.2) is 6.10 Å². The van der Waals surface area contributed by atoms with Crippen molar-refractivity contribution < 1.29 is 28.6 Å². The molecule has 0 N–H and O–H groups in total. The van der Waals surface area contributed by atoms with E-state index >= 15 is 0 Å². The van der Waals surface area contributed by atoms with E-state index in [9.17, 15) is 14.4 Å². The van der Waals surface area contributed by atoms with Crippen molar-refractivity contribution >= 4 is 17.9 Å². The molecule has 0 aliphatic heterocycles. The molecule has 0 saturated heterocycles. The van der Waals surface area contributed by atoms with Gasteiger partial charge in [-0.1, -0.05) is 229 Å². The van der Waals surface area contributed by atoms with Crippen LogP contribution in [-0.4, -0.2) is 37.2 Å². The fourth-order valence-electron chi connectivity index (χ4n) is 7.14. The summed E-state index contributed by atoms with van der Waals surface area (Å²) in [5, 5.41) is 0. The highest BCUT2D eigenvalue weighted by molar-refractivity contribution is 5.71. The van der Waals surface area contributed by atoms with Crippen molar-refractivity contribution in [3.8, 4) is 0 Å². The molecule has 0 heterocycles. The molecule has 0 bridgehead atoms. The molecule has 61 heavy (non-hydrogen) atoms. The molecule has 6 heteroatoms. The van der Waals surface area contributed by atoms with Crippen LogP contribution in [0.3, 0.4) is 0 Å². The van der Waals surface area contributed by atoms with E-state index in [-0.39, 0.29) is 37.5 Å². The van der Waals surface area contributed by atoms with Gasteiger partial charge in [0.05, 0.1) is 0 Å². The van der Waals surface area contributed by atoms with Gasteiger partial charge in [-0.3, -0.25) is 14.4 Å². The highest BCUT2D eigenvalue weighted by Gasteiger charge is 2.19. The van der Waals surface area contributed by atoms with Gasteiger partial charge in [-0.15, -0.1) is 0 Å². The Labute approximate surface area is 377 Å². The maximum atomic E-state index is 12.7. The maximum absolute atomic E-state index is 12.7. The summed E-state index contributed by atoms with van der Waals surface area (Å²) in [4.78, 5) is 37.9. The second-order valence-corrected chi connectivity index (χ2v) is 17.1. The predicted molar refractivity (Wildman–Crippen MR) is 261 cm³/mol. The third-order valence-electron chi connectivity index (χ3n) is 11.1. The molecule has 0 aliphatic carbocycles. The van der Waals surface area contributed by atoms with Gasteiger partial charge in [-0.05, 0) is 64.2 Å². The van der Waals surface area contributed by atoms with Crippen molar-refractivity contribution in [2.45, 2.75) is 258 Å². The highest BCUT2D eigenvalue weighted by Crippen LogP contribution is 2.14. The van der Waals surface area contributed by atoms with Crippen LogP contribution in [0.5, 0.6) is 0 Å². The van der Waals surface area contributed by atoms with E-state index in [0.717, 1.165) is 70.6 Å². The van der Waals surface area contributed by atoms with Crippen molar-refractivity contribution in [3.63, 3.8) is 0 Å². The molecule has 0 fully saturated rings. The van der Waals surface area contributed by atoms with Crippen LogP contribution in [-0.2, 0) is 28.6 Å². The zero-order chi connectivity index (χ0) is 44.4. The van der Waals surface area contributed by atoms with Gasteiger partial charge in [-0.25, -0.2) is 0 Å². The van der Waals surface area contributed by atoms with Crippen molar-refractivity contribution in [2.24, 2.45) is 0 Å². The quantitative estimate of drug-likeness (QED) is 0.0200. The lowest BCUT2D eigenvalue weighted by Gasteiger charge is -2.18. The maximum Gasteiger partial charge on any atom is 0.306 e. The van der Waals surface area contributed by atoms with Gasteiger partial charge in [0.1, 0.15) is 13.2 Å². The van der Waals surface area contributed by atoms with E-state index in [1.807, 2.05) is 6.08 Å². The van der Waals surface area contributed by atoms with E-state index in [1.165, 1.54) is 135 Å². The first-order chi connectivity index (χ1) is 30.0. The zero-order valence-electron chi connectivity index (χ0n) is 40.2. The van der Waals surface area contributed by atoms with E-state index in [2.05, 4.69) is 75.5 Å². The molecular formula is C55H96O6. The molecule has 0 amide bonds. The largest absolute Gasteiger partial charge is 0.462 e. The Balaban J connectivity index is 4.45.